The van der Waals surface area contributed by atoms with E-state index >= 15 is 0 Å². The van der Waals surface area contributed by atoms with Crippen LogP contribution in [0.4, 0.5) is 4.39 Å². The van der Waals surface area contributed by atoms with Gasteiger partial charge in [-0.2, -0.15) is 0 Å². The number of carbonyl (C=O) groups excluding carboxylic acids is 1. The third kappa shape index (κ3) is 5.24. The lowest BCUT2D eigenvalue weighted by Crippen LogP contribution is -2.12. The van der Waals surface area contributed by atoms with Gasteiger partial charge < -0.3 is 18.9 Å². The van der Waals surface area contributed by atoms with Crippen molar-refractivity contribution < 1.29 is 28.1 Å². The maximum absolute atomic E-state index is 13.3. The molecule has 6 heteroatoms. The van der Waals surface area contributed by atoms with Crippen molar-refractivity contribution in [3.63, 3.8) is 0 Å². The summed E-state index contributed by atoms with van der Waals surface area (Å²) in [6, 6.07) is 11.1. The minimum atomic E-state index is -0.397. The van der Waals surface area contributed by atoms with Crippen LogP contribution in [0.25, 0.3) is 0 Å². The minimum absolute atomic E-state index is 0.206. The van der Waals surface area contributed by atoms with E-state index in [0.29, 0.717) is 36.9 Å². The molecule has 2 aromatic carbocycles. The van der Waals surface area contributed by atoms with Crippen LogP contribution in [0.2, 0.25) is 0 Å². The predicted octanol–water partition coefficient (Wildman–Crippen LogP) is 3.12. The zero-order chi connectivity index (χ0) is 17.2. The van der Waals surface area contributed by atoms with E-state index in [-0.39, 0.29) is 12.4 Å². The van der Waals surface area contributed by atoms with Crippen molar-refractivity contribution in [1.29, 1.82) is 0 Å². The first kappa shape index (κ1) is 17.7. The molecule has 0 amide bonds. The second-order valence-electron chi connectivity index (χ2n) is 4.77. The van der Waals surface area contributed by atoms with Gasteiger partial charge in [0, 0.05) is 5.56 Å². The average Bonchev–Trinajstić information content (AvgIpc) is 2.62. The summed E-state index contributed by atoms with van der Waals surface area (Å²) in [5.74, 6) is 0.834. The van der Waals surface area contributed by atoms with E-state index < -0.39 is 5.82 Å². The first-order chi connectivity index (χ1) is 11.7. The van der Waals surface area contributed by atoms with Crippen molar-refractivity contribution in [2.75, 3.05) is 33.5 Å². The Bertz CT molecular complexity index is 660. The van der Waals surface area contributed by atoms with E-state index in [2.05, 4.69) is 0 Å². The van der Waals surface area contributed by atoms with Crippen LogP contribution in [0.5, 0.6) is 17.2 Å². The number of hydrogen-bond acceptors (Lipinski definition) is 5. The summed E-state index contributed by atoms with van der Waals surface area (Å²) in [6.45, 7) is 1.23. The number of ether oxygens (including phenoxy) is 4. The molecule has 0 aromatic heterocycles. The van der Waals surface area contributed by atoms with E-state index in [1.165, 1.54) is 13.2 Å². The molecule has 0 saturated carbocycles. The molecule has 24 heavy (non-hydrogen) atoms. The lowest BCUT2D eigenvalue weighted by molar-refractivity contribution is 0.0748. The predicted molar refractivity (Wildman–Crippen MR) is 86.6 cm³/mol. The van der Waals surface area contributed by atoms with Crippen LogP contribution in [-0.2, 0) is 4.74 Å². The molecular formula is C18H19FO5. The molecule has 0 aliphatic carbocycles. The van der Waals surface area contributed by atoms with Crippen molar-refractivity contribution in [1.82, 2.24) is 0 Å². The zero-order valence-corrected chi connectivity index (χ0v) is 13.4. The van der Waals surface area contributed by atoms with Crippen molar-refractivity contribution in [3.8, 4) is 17.2 Å². The normalized spacial score (nSPS) is 10.2. The van der Waals surface area contributed by atoms with Crippen molar-refractivity contribution in [3.05, 3.63) is 53.8 Å². The Morgan fingerprint density at radius 3 is 2.29 bits per heavy atom. The van der Waals surface area contributed by atoms with Gasteiger partial charge in [0.1, 0.15) is 19.5 Å². The Hall–Kier alpha value is -2.60. The van der Waals surface area contributed by atoms with E-state index in [1.54, 1.807) is 36.4 Å². The molecular weight excluding hydrogens is 315 g/mol. The van der Waals surface area contributed by atoms with E-state index in [0.717, 1.165) is 6.29 Å². The summed E-state index contributed by atoms with van der Waals surface area (Å²) >= 11 is 0. The molecule has 0 atom stereocenters. The number of halogens is 1. The molecule has 0 saturated heterocycles. The third-order valence-corrected chi connectivity index (χ3v) is 3.13. The highest BCUT2D eigenvalue weighted by atomic mass is 19.1. The summed E-state index contributed by atoms with van der Waals surface area (Å²) in [5.41, 5.74) is 0.515. The molecule has 0 spiro atoms. The van der Waals surface area contributed by atoms with Gasteiger partial charge in [0.15, 0.2) is 23.1 Å². The number of carbonyl (C=O) groups is 1. The molecule has 0 bridgehead atoms. The van der Waals surface area contributed by atoms with Crippen LogP contribution in [0.15, 0.2) is 42.5 Å². The number of para-hydroxylation sites is 1. The van der Waals surface area contributed by atoms with Gasteiger partial charge in [-0.15, -0.1) is 0 Å². The summed E-state index contributed by atoms with van der Waals surface area (Å²) in [5, 5.41) is 0. The van der Waals surface area contributed by atoms with Gasteiger partial charge in [-0.25, -0.2) is 4.39 Å². The second-order valence-corrected chi connectivity index (χ2v) is 4.77. The van der Waals surface area contributed by atoms with Crippen LogP contribution in [0.3, 0.4) is 0 Å². The highest BCUT2D eigenvalue weighted by Crippen LogP contribution is 2.27. The molecule has 0 heterocycles. The fourth-order valence-electron chi connectivity index (χ4n) is 1.96. The molecule has 0 aliphatic heterocycles. The lowest BCUT2D eigenvalue weighted by Gasteiger charge is -2.11. The largest absolute Gasteiger partial charge is 0.493 e. The number of benzene rings is 2. The first-order valence-electron chi connectivity index (χ1n) is 7.45. The smallest absolute Gasteiger partial charge is 0.165 e. The van der Waals surface area contributed by atoms with Crippen LogP contribution >= 0.6 is 0 Å². The molecule has 0 radical (unpaired) electrons. The molecule has 2 rings (SSSR count). The third-order valence-electron chi connectivity index (χ3n) is 3.13. The Kier molecular flexibility index (Phi) is 7.04. The van der Waals surface area contributed by atoms with Crippen molar-refractivity contribution in [2.24, 2.45) is 0 Å². The molecule has 0 aliphatic rings. The molecule has 0 unspecified atom stereocenters. The average molecular weight is 334 g/mol. The molecule has 5 nitrogen and oxygen atoms in total. The van der Waals surface area contributed by atoms with E-state index in [9.17, 15) is 9.18 Å². The van der Waals surface area contributed by atoms with Crippen molar-refractivity contribution in [2.45, 2.75) is 0 Å². The van der Waals surface area contributed by atoms with E-state index in [1.807, 2.05) is 0 Å². The summed E-state index contributed by atoms with van der Waals surface area (Å²) in [4.78, 5) is 10.7. The Labute approximate surface area is 139 Å². The number of aldehydes is 1. The monoisotopic (exact) mass is 334 g/mol. The van der Waals surface area contributed by atoms with Crippen LogP contribution in [0.1, 0.15) is 10.4 Å². The van der Waals surface area contributed by atoms with Crippen LogP contribution in [0, 0.1) is 5.82 Å². The van der Waals surface area contributed by atoms with E-state index in [4.69, 9.17) is 18.9 Å². The highest BCUT2D eigenvalue weighted by Gasteiger charge is 2.05. The fourth-order valence-corrected chi connectivity index (χ4v) is 1.96. The molecule has 128 valence electrons. The SMILES string of the molecule is COc1cc(C=O)ccc1OCCOCCOc1ccccc1F. The first-order valence-corrected chi connectivity index (χ1v) is 7.45. The maximum atomic E-state index is 13.3. The summed E-state index contributed by atoms with van der Waals surface area (Å²) < 4.78 is 34.7. The molecule has 0 fully saturated rings. The Balaban J connectivity index is 1.65. The standard InChI is InChI=1S/C18H19FO5/c1-21-18-12-14(13-20)6-7-17(18)24-11-9-22-8-10-23-16-5-3-2-4-15(16)19/h2-7,12-13H,8-11H2,1H3. The number of hydrogen-bond donors (Lipinski definition) is 0. The quantitative estimate of drug-likeness (QED) is 0.494. The van der Waals surface area contributed by atoms with Gasteiger partial charge in [0.05, 0.1) is 20.3 Å². The second kappa shape index (κ2) is 9.52. The minimum Gasteiger partial charge on any atom is -0.493 e. The van der Waals surface area contributed by atoms with Crippen molar-refractivity contribution >= 4 is 6.29 Å². The van der Waals surface area contributed by atoms with Gasteiger partial charge in [-0.3, -0.25) is 4.79 Å². The van der Waals surface area contributed by atoms with Gasteiger partial charge >= 0.3 is 0 Å². The van der Waals surface area contributed by atoms with Gasteiger partial charge in [0.2, 0.25) is 0 Å². The summed E-state index contributed by atoms with van der Waals surface area (Å²) in [7, 11) is 1.51. The topological polar surface area (TPSA) is 54.0 Å². The number of methoxy groups -OCH3 is 1. The summed E-state index contributed by atoms with van der Waals surface area (Å²) in [6.07, 6.45) is 0.741. The molecule has 0 N–H and O–H groups in total. The molecule has 2 aromatic rings. The Morgan fingerprint density at radius 1 is 0.917 bits per heavy atom. The van der Waals surface area contributed by atoms with Gasteiger partial charge in [0.25, 0.3) is 0 Å². The maximum Gasteiger partial charge on any atom is 0.165 e. The van der Waals surface area contributed by atoms with Gasteiger partial charge in [-0.1, -0.05) is 12.1 Å². The zero-order valence-electron chi connectivity index (χ0n) is 13.4. The van der Waals surface area contributed by atoms with Gasteiger partial charge in [-0.05, 0) is 30.3 Å². The highest BCUT2D eigenvalue weighted by molar-refractivity contribution is 5.76. The van der Waals surface area contributed by atoms with Crippen LogP contribution in [-0.4, -0.2) is 39.8 Å². The van der Waals surface area contributed by atoms with Crippen LogP contribution < -0.4 is 14.2 Å². The number of rotatable bonds is 10. The lowest BCUT2D eigenvalue weighted by atomic mass is 10.2. The Morgan fingerprint density at radius 2 is 1.62 bits per heavy atom. The fraction of sp³-hybridized carbons (Fsp3) is 0.278.